The SMILES string of the molecule is Fc1ccc2oc(CN3CCN(c4ncc(Cl)cc4Cl)CC3)nc2c1. The van der Waals surface area contributed by atoms with E-state index in [1.54, 1.807) is 18.3 Å². The number of hydrogen-bond donors (Lipinski definition) is 0. The molecule has 1 saturated heterocycles. The molecule has 0 N–H and O–H groups in total. The highest BCUT2D eigenvalue weighted by molar-refractivity contribution is 6.36. The van der Waals surface area contributed by atoms with Crippen LogP contribution >= 0.6 is 23.2 Å². The van der Waals surface area contributed by atoms with Crippen molar-refractivity contribution in [1.82, 2.24) is 14.9 Å². The minimum absolute atomic E-state index is 0.312. The quantitative estimate of drug-likeness (QED) is 0.687. The topological polar surface area (TPSA) is 45.4 Å². The van der Waals surface area contributed by atoms with Crippen LogP contribution < -0.4 is 4.90 Å². The maximum absolute atomic E-state index is 13.2. The molecule has 0 radical (unpaired) electrons. The van der Waals surface area contributed by atoms with Gasteiger partial charge in [-0.05, 0) is 18.2 Å². The highest BCUT2D eigenvalue weighted by Gasteiger charge is 2.21. The minimum Gasteiger partial charge on any atom is -0.439 e. The summed E-state index contributed by atoms with van der Waals surface area (Å²) in [6.07, 6.45) is 1.60. The van der Waals surface area contributed by atoms with E-state index in [1.165, 1.54) is 12.1 Å². The van der Waals surface area contributed by atoms with Gasteiger partial charge in [-0.25, -0.2) is 14.4 Å². The molecule has 2 aromatic heterocycles. The van der Waals surface area contributed by atoms with Gasteiger partial charge >= 0.3 is 0 Å². The first kappa shape index (κ1) is 16.6. The highest BCUT2D eigenvalue weighted by atomic mass is 35.5. The zero-order valence-electron chi connectivity index (χ0n) is 13.3. The maximum atomic E-state index is 13.2. The first-order valence-electron chi connectivity index (χ1n) is 7.92. The monoisotopic (exact) mass is 380 g/mol. The number of aromatic nitrogens is 2. The van der Waals surface area contributed by atoms with Gasteiger partial charge in [0.1, 0.15) is 17.2 Å². The number of benzene rings is 1. The van der Waals surface area contributed by atoms with Crippen molar-refractivity contribution >= 4 is 40.1 Å². The first-order valence-corrected chi connectivity index (χ1v) is 8.67. The first-order chi connectivity index (χ1) is 12.1. The molecule has 0 atom stereocenters. The number of hydrogen-bond acceptors (Lipinski definition) is 5. The van der Waals surface area contributed by atoms with Crippen LogP contribution in [0.3, 0.4) is 0 Å². The molecular weight excluding hydrogens is 366 g/mol. The van der Waals surface area contributed by atoms with Crippen molar-refractivity contribution < 1.29 is 8.81 Å². The smallest absolute Gasteiger partial charge is 0.209 e. The van der Waals surface area contributed by atoms with Gasteiger partial charge in [-0.1, -0.05) is 23.2 Å². The van der Waals surface area contributed by atoms with Crippen molar-refractivity contribution in [3.63, 3.8) is 0 Å². The third-order valence-corrected chi connectivity index (χ3v) is 4.70. The molecule has 3 aromatic rings. The van der Waals surface area contributed by atoms with Crippen LogP contribution in [-0.2, 0) is 6.54 Å². The number of piperazine rings is 1. The molecule has 0 unspecified atom stereocenters. The van der Waals surface area contributed by atoms with Crippen LogP contribution in [0.25, 0.3) is 11.1 Å². The average molecular weight is 381 g/mol. The molecule has 3 heterocycles. The zero-order chi connectivity index (χ0) is 17.4. The summed E-state index contributed by atoms with van der Waals surface area (Å²) in [6, 6.07) is 6.07. The summed E-state index contributed by atoms with van der Waals surface area (Å²) in [5.74, 6) is 1.04. The van der Waals surface area contributed by atoms with E-state index >= 15 is 0 Å². The van der Waals surface area contributed by atoms with Crippen LogP contribution in [0.2, 0.25) is 10.0 Å². The fourth-order valence-corrected chi connectivity index (χ4v) is 3.46. The Morgan fingerprint density at radius 1 is 1.12 bits per heavy atom. The van der Waals surface area contributed by atoms with Gasteiger partial charge in [0, 0.05) is 38.4 Å². The molecule has 1 fully saturated rings. The van der Waals surface area contributed by atoms with Crippen molar-refractivity contribution in [1.29, 1.82) is 0 Å². The molecule has 25 heavy (non-hydrogen) atoms. The molecule has 5 nitrogen and oxygen atoms in total. The molecule has 4 rings (SSSR count). The van der Waals surface area contributed by atoms with Gasteiger partial charge in [0.05, 0.1) is 16.6 Å². The number of rotatable bonds is 3. The van der Waals surface area contributed by atoms with E-state index in [4.69, 9.17) is 27.6 Å². The van der Waals surface area contributed by atoms with E-state index < -0.39 is 0 Å². The molecule has 0 amide bonds. The van der Waals surface area contributed by atoms with Crippen LogP contribution in [-0.4, -0.2) is 41.0 Å². The second kappa shape index (κ2) is 6.78. The van der Waals surface area contributed by atoms with E-state index in [1.807, 2.05) is 0 Å². The summed E-state index contributed by atoms with van der Waals surface area (Å²) in [5.41, 5.74) is 1.15. The van der Waals surface area contributed by atoms with Crippen molar-refractivity contribution in [2.24, 2.45) is 0 Å². The summed E-state index contributed by atoms with van der Waals surface area (Å²) >= 11 is 12.1. The van der Waals surface area contributed by atoms with E-state index in [9.17, 15) is 4.39 Å². The summed E-state index contributed by atoms with van der Waals surface area (Å²) < 4.78 is 18.9. The molecule has 0 spiro atoms. The van der Waals surface area contributed by atoms with Gasteiger partial charge in [0.25, 0.3) is 0 Å². The Hall–Kier alpha value is -1.89. The molecule has 8 heteroatoms. The van der Waals surface area contributed by atoms with Crippen molar-refractivity contribution in [2.75, 3.05) is 31.1 Å². The molecular formula is C17H15Cl2FN4O. The number of pyridine rings is 1. The van der Waals surface area contributed by atoms with E-state index in [0.717, 1.165) is 32.0 Å². The van der Waals surface area contributed by atoms with Gasteiger partial charge in [-0.2, -0.15) is 0 Å². The molecule has 1 aliphatic heterocycles. The van der Waals surface area contributed by atoms with Crippen LogP contribution in [0.5, 0.6) is 0 Å². The van der Waals surface area contributed by atoms with Gasteiger partial charge in [-0.3, -0.25) is 4.90 Å². The summed E-state index contributed by atoms with van der Waals surface area (Å²) in [5, 5.41) is 1.08. The lowest BCUT2D eigenvalue weighted by Gasteiger charge is -2.35. The van der Waals surface area contributed by atoms with Gasteiger partial charge < -0.3 is 9.32 Å². The lowest BCUT2D eigenvalue weighted by Crippen LogP contribution is -2.46. The normalized spacial score (nSPS) is 15.9. The number of halogens is 3. The van der Waals surface area contributed by atoms with Crippen molar-refractivity contribution in [3.05, 3.63) is 52.2 Å². The fraction of sp³-hybridized carbons (Fsp3) is 0.294. The highest BCUT2D eigenvalue weighted by Crippen LogP contribution is 2.27. The maximum Gasteiger partial charge on any atom is 0.209 e. The molecule has 1 aromatic carbocycles. The Balaban J connectivity index is 1.41. The Morgan fingerprint density at radius 2 is 1.92 bits per heavy atom. The Morgan fingerprint density at radius 3 is 2.68 bits per heavy atom. The third kappa shape index (κ3) is 3.56. The van der Waals surface area contributed by atoms with E-state index in [2.05, 4.69) is 19.8 Å². The number of nitrogens with zero attached hydrogens (tertiary/aromatic N) is 4. The van der Waals surface area contributed by atoms with Crippen LogP contribution in [0.4, 0.5) is 10.2 Å². The van der Waals surface area contributed by atoms with Gasteiger partial charge in [0.15, 0.2) is 5.58 Å². The summed E-state index contributed by atoms with van der Waals surface area (Å²) in [4.78, 5) is 13.1. The molecule has 1 aliphatic rings. The second-order valence-electron chi connectivity index (χ2n) is 5.94. The predicted molar refractivity (Wildman–Crippen MR) is 95.7 cm³/mol. The lowest BCUT2D eigenvalue weighted by atomic mass is 10.3. The number of fused-ring (bicyclic) bond motifs is 1. The standard InChI is InChI=1S/C17H15Cl2FN4O/c18-11-7-13(19)17(21-9-11)24-5-3-23(4-6-24)10-16-22-14-8-12(20)1-2-15(14)25-16/h1-2,7-9H,3-6,10H2. The summed E-state index contributed by atoms with van der Waals surface area (Å²) in [6.45, 7) is 3.83. The minimum atomic E-state index is -0.312. The van der Waals surface area contributed by atoms with E-state index in [-0.39, 0.29) is 5.82 Å². The zero-order valence-corrected chi connectivity index (χ0v) is 14.8. The van der Waals surface area contributed by atoms with Gasteiger partial charge in [0.2, 0.25) is 5.89 Å². The van der Waals surface area contributed by atoms with Crippen LogP contribution in [0, 0.1) is 5.82 Å². The summed E-state index contributed by atoms with van der Waals surface area (Å²) in [7, 11) is 0. The van der Waals surface area contributed by atoms with Crippen LogP contribution in [0.1, 0.15) is 5.89 Å². The Labute approximate surface area is 154 Å². The van der Waals surface area contributed by atoms with Gasteiger partial charge in [-0.15, -0.1) is 0 Å². The molecule has 0 saturated carbocycles. The third-order valence-electron chi connectivity index (χ3n) is 4.21. The lowest BCUT2D eigenvalue weighted by molar-refractivity contribution is 0.228. The Bertz CT molecular complexity index is 909. The van der Waals surface area contributed by atoms with E-state index in [0.29, 0.717) is 33.6 Å². The molecule has 0 bridgehead atoms. The average Bonchev–Trinajstić information content (AvgIpc) is 2.97. The second-order valence-corrected chi connectivity index (χ2v) is 6.79. The van der Waals surface area contributed by atoms with Crippen molar-refractivity contribution in [2.45, 2.75) is 6.54 Å². The predicted octanol–water partition coefficient (Wildman–Crippen LogP) is 3.99. The van der Waals surface area contributed by atoms with Crippen molar-refractivity contribution in [3.8, 4) is 0 Å². The fourth-order valence-electron chi connectivity index (χ4n) is 2.97. The Kier molecular flexibility index (Phi) is 4.50. The largest absolute Gasteiger partial charge is 0.439 e. The number of anilines is 1. The molecule has 0 aliphatic carbocycles. The molecule has 130 valence electrons. The number of oxazole rings is 1. The van der Waals surface area contributed by atoms with Crippen LogP contribution in [0.15, 0.2) is 34.9 Å².